The molecule has 13 heteroatoms. The summed E-state index contributed by atoms with van der Waals surface area (Å²) in [5.41, 5.74) is -3.07. The molecule has 8 aliphatic heterocycles. The number of ether oxygens (including phenoxy) is 5. The highest BCUT2D eigenvalue weighted by Gasteiger charge is 2.71. The van der Waals surface area contributed by atoms with E-state index in [0.29, 0.717) is 24.7 Å². The Morgan fingerprint density at radius 3 is 1.61 bits per heavy atom. The molecule has 8 saturated heterocycles. The lowest BCUT2D eigenvalue weighted by Crippen LogP contribution is -2.71. The second-order valence-electron chi connectivity index (χ2n) is 18.1. The van der Waals surface area contributed by atoms with Crippen molar-refractivity contribution in [3.05, 3.63) is 0 Å². The molecule has 2 aliphatic carbocycles. The monoisotopic (exact) mass is 722 g/mol. The van der Waals surface area contributed by atoms with Crippen LogP contribution in [0, 0.1) is 47.3 Å². The molecule has 2 saturated carbocycles. The minimum atomic E-state index is -1.58. The van der Waals surface area contributed by atoms with Gasteiger partial charge in [0, 0.05) is 37.5 Å². The van der Waals surface area contributed by atoms with Crippen LogP contribution < -0.4 is 0 Å². The Labute approximate surface area is 300 Å². The molecular weight excluding hydrogens is 664 g/mol. The van der Waals surface area contributed by atoms with Crippen LogP contribution in [0.15, 0.2) is 0 Å². The number of carboxylic acids is 1. The molecule has 0 aromatic rings. The van der Waals surface area contributed by atoms with E-state index in [2.05, 4.69) is 27.7 Å². The standard InChI is InChI=1S/C38H58O13/c1-20-7-9-26-22(3)28(44-32-37(26)24(20)13-15-34(5,46-32)48-50-37)17-36(42,19-43-31(41)12-11-30(39)40)18-29-23(4)27-10-8-21(2)25-14-16-35(6)47-33(45-29)38(25,27)51-49-35/h20-29,32-33,42H,7-19H2,1-6H3,(H,39,40)/t20-,21-,22-,23-,24+,25+,26+,27+,28?,29?,32+,33+,34-,35-,36?,37-,38-/m1/s1. The average molecular weight is 723 g/mol. The minimum Gasteiger partial charge on any atom is -0.481 e. The van der Waals surface area contributed by atoms with E-state index in [-0.39, 0.29) is 67.8 Å². The first-order chi connectivity index (χ1) is 24.1. The minimum absolute atomic E-state index is 0.0416. The number of esters is 1. The normalized spacial score (nSPS) is 52.5. The van der Waals surface area contributed by atoms with Gasteiger partial charge in [-0.1, -0.05) is 27.7 Å². The van der Waals surface area contributed by atoms with Crippen molar-refractivity contribution in [1.82, 2.24) is 0 Å². The van der Waals surface area contributed by atoms with Crippen LogP contribution in [-0.2, 0) is 52.8 Å². The van der Waals surface area contributed by atoms with Crippen molar-refractivity contribution in [3.63, 3.8) is 0 Å². The first-order valence-corrected chi connectivity index (χ1v) is 19.6. The van der Waals surface area contributed by atoms with E-state index in [9.17, 15) is 14.7 Å². The topological polar surface area (TPSA) is 158 Å². The van der Waals surface area contributed by atoms with Crippen molar-refractivity contribution in [2.75, 3.05) is 6.61 Å². The zero-order valence-corrected chi connectivity index (χ0v) is 31.0. The van der Waals surface area contributed by atoms with Gasteiger partial charge in [0.05, 0.1) is 25.0 Å². The molecule has 2 spiro atoms. The van der Waals surface area contributed by atoms with Crippen molar-refractivity contribution in [2.24, 2.45) is 47.3 Å². The SMILES string of the molecule is C[C@@H]1CC[C@H]2[C@@H](C)C(CC(O)(COC(=O)CCC(=O)O)CC3O[C@H]4O[C@@]5(C)CC[C@H]6[C@H](C)CC[C@@H]([C@H]3C)[C@@]46OO5)O[C@H]3O[C@@]4(C)CC[C@@H]1[C@]32OO4. The second kappa shape index (κ2) is 12.8. The van der Waals surface area contributed by atoms with E-state index in [4.69, 9.17) is 48.3 Å². The Balaban J connectivity index is 1.08. The van der Waals surface area contributed by atoms with E-state index < -0.39 is 65.1 Å². The lowest BCUT2D eigenvalue weighted by atomic mass is 9.56. The molecule has 16 atom stereocenters. The number of fused-ring (bicyclic) bond motifs is 4. The maximum Gasteiger partial charge on any atom is 0.306 e. The molecule has 0 aromatic heterocycles. The Hall–Kier alpha value is -1.42. The Kier molecular flexibility index (Phi) is 9.20. The fraction of sp³-hybridized carbons (Fsp3) is 0.947. The van der Waals surface area contributed by atoms with E-state index >= 15 is 0 Å². The third-order valence-corrected chi connectivity index (χ3v) is 14.8. The number of carbonyl (C=O) groups is 2. The van der Waals surface area contributed by atoms with E-state index in [1.54, 1.807) is 0 Å². The molecule has 0 amide bonds. The Morgan fingerprint density at radius 1 is 0.686 bits per heavy atom. The molecule has 288 valence electrons. The van der Waals surface area contributed by atoms with Gasteiger partial charge in [0.2, 0.25) is 11.6 Å². The Bertz CT molecular complexity index is 1280. The molecule has 8 heterocycles. The summed E-state index contributed by atoms with van der Waals surface area (Å²) in [5, 5.41) is 21.9. The highest BCUT2D eigenvalue weighted by Crippen LogP contribution is 2.63. The highest BCUT2D eigenvalue weighted by molar-refractivity contribution is 5.76. The van der Waals surface area contributed by atoms with Gasteiger partial charge in [0.15, 0.2) is 23.8 Å². The van der Waals surface area contributed by atoms with Crippen molar-refractivity contribution in [2.45, 2.75) is 172 Å². The summed E-state index contributed by atoms with van der Waals surface area (Å²) in [6.45, 7) is 12.3. The number of aliphatic hydroxyl groups is 1. The fourth-order valence-corrected chi connectivity index (χ4v) is 11.9. The fourth-order valence-electron chi connectivity index (χ4n) is 11.9. The summed E-state index contributed by atoms with van der Waals surface area (Å²) < 4.78 is 32.6. The lowest BCUT2D eigenvalue weighted by molar-refractivity contribution is -0.572. The summed E-state index contributed by atoms with van der Waals surface area (Å²) in [7, 11) is 0. The highest BCUT2D eigenvalue weighted by atomic mass is 17.3. The van der Waals surface area contributed by atoms with Crippen LogP contribution in [0.3, 0.4) is 0 Å². The molecule has 2 unspecified atom stereocenters. The molecule has 10 rings (SSSR count). The molecule has 0 radical (unpaired) electrons. The maximum absolute atomic E-state index is 12.8. The first kappa shape index (κ1) is 36.6. The smallest absolute Gasteiger partial charge is 0.306 e. The molecular formula is C38H58O13. The molecule has 51 heavy (non-hydrogen) atoms. The van der Waals surface area contributed by atoms with Crippen LogP contribution in [0.4, 0.5) is 0 Å². The second-order valence-corrected chi connectivity index (χ2v) is 18.1. The Morgan fingerprint density at radius 2 is 1.16 bits per heavy atom. The van der Waals surface area contributed by atoms with Crippen molar-refractivity contribution in [3.8, 4) is 0 Å². The van der Waals surface area contributed by atoms with E-state index in [0.717, 1.165) is 38.5 Å². The summed E-state index contributed by atoms with van der Waals surface area (Å²) in [6, 6.07) is 0. The van der Waals surface area contributed by atoms with Crippen LogP contribution in [0.2, 0.25) is 0 Å². The van der Waals surface area contributed by atoms with E-state index in [1.807, 2.05) is 13.8 Å². The van der Waals surface area contributed by atoms with Crippen LogP contribution in [0.25, 0.3) is 0 Å². The van der Waals surface area contributed by atoms with Gasteiger partial charge in [-0.2, -0.15) is 0 Å². The van der Waals surface area contributed by atoms with Crippen molar-refractivity contribution < 1.29 is 63.0 Å². The average Bonchev–Trinajstić information content (AvgIpc) is 3.45. The lowest BCUT2D eigenvalue weighted by Gasteiger charge is -2.61. The molecule has 2 N–H and O–H groups in total. The number of rotatable bonds is 9. The largest absolute Gasteiger partial charge is 0.481 e. The van der Waals surface area contributed by atoms with E-state index in [1.165, 1.54) is 0 Å². The summed E-state index contributed by atoms with van der Waals surface area (Å²) in [6.07, 6.45) is 4.52. The van der Waals surface area contributed by atoms with Crippen LogP contribution in [0.5, 0.6) is 0 Å². The summed E-state index contributed by atoms with van der Waals surface area (Å²) >= 11 is 0. The van der Waals surface area contributed by atoms with Crippen LogP contribution in [0.1, 0.15) is 119 Å². The summed E-state index contributed by atoms with van der Waals surface area (Å²) in [4.78, 5) is 48.7. The number of carboxylic acid groups (broad SMARTS) is 1. The molecule has 13 nitrogen and oxygen atoms in total. The number of hydrogen-bond donors (Lipinski definition) is 2. The van der Waals surface area contributed by atoms with Gasteiger partial charge in [0.1, 0.15) is 12.2 Å². The molecule has 10 aliphatic rings. The van der Waals surface area contributed by atoms with Crippen LogP contribution >= 0.6 is 0 Å². The van der Waals surface area contributed by atoms with Gasteiger partial charge in [0.25, 0.3) is 0 Å². The predicted octanol–water partition coefficient (Wildman–Crippen LogP) is 5.41. The maximum atomic E-state index is 12.8. The zero-order valence-electron chi connectivity index (χ0n) is 31.0. The number of carbonyl (C=O) groups excluding carboxylic acids is 1. The van der Waals surface area contributed by atoms with Crippen molar-refractivity contribution in [1.29, 1.82) is 0 Å². The molecule has 4 bridgehead atoms. The van der Waals surface area contributed by atoms with Gasteiger partial charge >= 0.3 is 11.9 Å². The van der Waals surface area contributed by atoms with Gasteiger partial charge in [-0.05, 0) is 87.9 Å². The third kappa shape index (κ3) is 5.91. The molecule has 10 fully saturated rings. The third-order valence-electron chi connectivity index (χ3n) is 14.8. The van der Waals surface area contributed by atoms with Gasteiger partial charge in [-0.25, -0.2) is 19.6 Å². The number of hydrogen-bond acceptors (Lipinski definition) is 12. The van der Waals surface area contributed by atoms with Gasteiger partial charge in [-0.3, -0.25) is 9.59 Å². The summed E-state index contributed by atoms with van der Waals surface area (Å²) in [5.74, 6) is -2.35. The quantitative estimate of drug-likeness (QED) is 0.230. The van der Waals surface area contributed by atoms with Gasteiger partial charge < -0.3 is 33.9 Å². The van der Waals surface area contributed by atoms with Crippen LogP contribution in [-0.4, -0.2) is 81.9 Å². The predicted molar refractivity (Wildman–Crippen MR) is 176 cm³/mol. The first-order valence-electron chi connectivity index (χ1n) is 19.6. The van der Waals surface area contributed by atoms with Gasteiger partial charge in [-0.15, -0.1) is 0 Å². The number of aliphatic carboxylic acids is 1. The zero-order chi connectivity index (χ0) is 36.1. The molecule has 0 aromatic carbocycles. The van der Waals surface area contributed by atoms with Crippen molar-refractivity contribution >= 4 is 11.9 Å².